The Balaban J connectivity index is 1.67. The van der Waals surface area contributed by atoms with Crippen molar-refractivity contribution in [2.75, 3.05) is 5.32 Å². The highest BCUT2D eigenvalue weighted by atomic mass is 16.5. The Labute approximate surface area is 123 Å². The Kier molecular flexibility index (Phi) is 3.64. The van der Waals surface area contributed by atoms with Crippen LogP contribution in [0, 0.1) is 0 Å². The van der Waals surface area contributed by atoms with Crippen LogP contribution in [0.25, 0.3) is 0 Å². The molecule has 21 heavy (non-hydrogen) atoms. The first kappa shape index (κ1) is 13.7. The Morgan fingerprint density at radius 1 is 1.33 bits per heavy atom. The van der Waals surface area contributed by atoms with E-state index in [1.807, 2.05) is 35.1 Å². The van der Waals surface area contributed by atoms with E-state index in [1.165, 1.54) is 0 Å². The number of benzene rings is 1. The number of anilines is 1. The molecule has 5 nitrogen and oxygen atoms in total. The van der Waals surface area contributed by atoms with E-state index in [0.29, 0.717) is 19.1 Å². The lowest BCUT2D eigenvalue weighted by molar-refractivity contribution is -0.116. The predicted molar refractivity (Wildman–Crippen MR) is 80.3 cm³/mol. The van der Waals surface area contributed by atoms with E-state index < -0.39 is 0 Å². The number of fused-ring (bicyclic) bond motifs is 1. The largest absolute Gasteiger partial charge is 0.487 e. The third kappa shape index (κ3) is 3.07. The van der Waals surface area contributed by atoms with Gasteiger partial charge in [-0.15, -0.1) is 0 Å². The zero-order valence-electron chi connectivity index (χ0n) is 12.3. The highest BCUT2D eigenvalue weighted by Gasteiger charge is 2.15. The number of carbonyl (C=O) groups is 1. The molecule has 1 amide bonds. The first-order chi connectivity index (χ1) is 10.1. The molecule has 1 aliphatic heterocycles. The minimum absolute atomic E-state index is 0.0651. The van der Waals surface area contributed by atoms with Crippen LogP contribution in [0.1, 0.15) is 37.6 Å². The van der Waals surface area contributed by atoms with E-state index in [9.17, 15) is 4.79 Å². The van der Waals surface area contributed by atoms with Crippen LogP contribution in [0.15, 0.2) is 30.5 Å². The summed E-state index contributed by atoms with van der Waals surface area (Å²) in [4.78, 5) is 11.4. The van der Waals surface area contributed by atoms with E-state index in [1.54, 1.807) is 0 Å². The van der Waals surface area contributed by atoms with Gasteiger partial charge in [0.05, 0.1) is 5.69 Å². The number of aromatic nitrogens is 2. The van der Waals surface area contributed by atoms with Gasteiger partial charge in [0.25, 0.3) is 0 Å². The van der Waals surface area contributed by atoms with E-state index >= 15 is 0 Å². The van der Waals surface area contributed by atoms with Crippen LogP contribution in [0.3, 0.4) is 0 Å². The molecule has 0 unspecified atom stereocenters. The number of nitrogens with one attached hydrogen (secondary N) is 1. The molecule has 110 valence electrons. The van der Waals surface area contributed by atoms with Crippen LogP contribution < -0.4 is 10.1 Å². The van der Waals surface area contributed by atoms with Crippen molar-refractivity contribution in [1.29, 1.82) is 0 Å². The summed E-state index contributed by atoms with van der Waals surface area (Å²) < 4.78 is 7.67. The number of ether oxygens (including phenoxy) is 1. The summed E-state index contributed by atoms with van der Waals surface area (Å²) in [6, 6.07) is 8.14. The van der Waals surface area contributed by atoms with Gasteiger partial charge in [0.15, 0.2) is 0 Å². The van der Waals surface area contributed by atoms with Crippen LogP contribution in [0.4, 0.5) is 5.69 Å². The van der Waals surface area contributed by atoms with Crippen molar-refractivity contribution < 1.29 is 9.53 Å². The molecule has 0 saturated heterocycles. The van der Waals surface area contributed by atoms with Crippen LogP contribution in [-0.2, 0) is 17.8 Å². The number of carbonyl (C=O) groups excluding carboxylic acids is 1. The lowest BCUT2D eigenvalue weighted by Crippen LogP contribution is -2.18. The minimum Gasteiger partial charge on any atom is -0.487 e. The molecule has 3 rings (SSSR count). The zero-order chi connectivity index (χ0) is 14.8. The predicted octanol–water partition coefficient (Wildman–Crippen LogP) is 2.93. The van der Waals surface area contributed by atoms with Crippen LogP contribution in [-0.4, -0.2) is 15.7 Å². The summed E-state index contributed by atoms with van der Waals surface area (Å²) in [7, 11) is 0. The highest BCUT2D eigenvalue weighted by molar-refractivity contribution is 5.94. The Hall–Kier alpha value is -2.30. The first-order valence-electron chi connectivity index (χ1n) is 7.21. The molecular formula is C16H19N3O2. The number of nitrogens with zero attached hydrogens (tertiary/aromatic N) is 2. The van der Waals surface area contributed by atoms with Crippen molar-refractivity contribution in [3.8, 4) is 5.75 Å². The zero-order valence-corrected chi connectivity index (χ0v) is 12.3. The van der Waals surface area contributed by atoms with Crippen LogP contribution >= 0.6 is 0 Å². The third-order valence-corrected chi connectivity index (χ3v) is 3.56. The van der Waals surface area contributed by atoms with Gasteiger partial charge < -0.3 is 10.1 Å². The fourth-order valence-electron chi connectivity index (χ4n) is 2.34. The molecule has 1 aromatic carbocycles. The van der Waals surface area contributed by atoms with Crippen molar-refractivity contribution in [3.63, 3.8) is 0 Å². The Morgan fingerprint density at radius 2 is 2.19 bits per heavy atom. The summed E-state index contributed by atoms with van der Waals surface area (Å²) in [6.07, 6.45) is 3.30. The van der Waals surface area contributed by atoms with E-state index in [-0.39, 0.29) is 5.91 Å². The van der Waals surface area contributed by atoms with Gasteiger partial charge in [0, 0.05) is 30.4 Å². The molecule has 2 heterocycles. The molecule has 0 spiro atoms. The maximum Gasteiger partial charge on any atom is 0.224 e. The second kappa shape index (κ2) is 5.60. The van der Waals surface area contributed by atoms with E-state index in [4.69, 9.17) is 4.74 Å². The molecule has 5 heteroatoms. The van der Waals surface area contributed by atoms with Crippen molar-refractivity contribution in [3.05, 3.63) is 41.7 Å². The standard InChI is InChI=1S/C16H19N3O2/c1-11(2)19-8-7-13(18-19)10-21-14-5-3-12-4-6-16(20)17-15(12)9-14/h3,5,7-9,11H,4,6,10H2,1-2H3,(H,17,20). The number of hydrogen-bond acceptors (Lipinski definition) is 3. The second-order valence-electron chi connectivity index (χ2n) is 5.54. The number of hydrogen-bond donors (Lipinski definition) is 1. The van der Waals surface area contributed by atoms with Gasteiger partial charge >= 0.3 is 0 Å². The van der Waals surface area contributed by atoms with E-state index in [0.717, 1.165) is 29.1 Å². The quantitative estimate of drug-likeness (QED) is 0.939. The van der Waals surface area contributed by atoms with Crippen molar-refractivity contribution in [1.82, 2.24) is 9.78 Å². The molecule has 0 saturated carbocycles. The Bertz CT molecular complexity index is 661. The monoisotopic (exact) mass is 285 g/mol. The molecule has 1 aromatic heterocycles. The van der Waals surface area contributed by atoms with Crippen LogP contribution in [0.2, 0.25) is 0 Å². The van der Waals surface area contributed by atoms with Gasteiger partial charge in [-0.2, -0.15) is 5.10 Å². The van der Waals surface area contributed by atoms with Gasteiger partial charge in [-0.1, -0.05) is 6.07 Å². The van der Waals surface area contributed by atoms with Gasteiger partial charge in [-0.05, 0) is 38.0 Å². The van der Waals surface area contributed by atoms with Gasteiger partial charge in [0.2, 0.25) is 5.91 Å². The average Bonchev–Trinajstić information content (AvgIpc) is 2.93. The average molecular weight is 285 g/mol. The smallest absolute Gasteiger partial charge is 0.224 e. The molecule has 0 radical (unpaired) electrons. The molecular weight excluding hydrogens is 266 g/mol. The molecule has 0 fully saturated rings. The topological polar surface area (TPSA) is 56.1 Å². The summed E-state index contributed by atoms with van der Waals surface area (Å²) in [5, 5.41) is 7.33. The molecule has 0 atom stereocenters. The van der Waals surface area contributed by atoms with Crippen molar-refractivity contribution in [2.24, 2.45) is 0 Å². The van der Waals surface area contributed by atoms with E-state index in [2.05, 4.69) is 24.3 Å². The summed E-state index contributed by atoms with van der Waals surface area (Å²) >= 11 is 0. The lowest BCUT2D eigenvalue weighted by Gasteiger charge is -2.17. The highest BCUT2D eigenvalue weighted by Crippen LogP contribution is 2.27. The maximum absolute atomic E-state index is 11.4. The number of rotatable bonds is 4. The fourth-order valence-corrected chi connectivity index (χ4v) is 2.34. The molecule has 0 bridgehead atoms. The summed E-state index contributed by atoms with van der Waals surface area (Å²) in [6.45, 7) is 4.60. The lowest BCUT2D eigenvalue weighted by atomic mass is 10.0. The summed E-state index contributed by atoms with van der Waals surface area (Å²) in [5.74, 6) is 0.811. The Morgan fingerprint density at radius 3 is 2.95 bits per heavy atom. The molecule has 2 aromatic rings. The molecule has 0 aliphatic carbocycles. The molecule has 1 N–H and O–H groups in total. The first-order valence-corrected chi connectivity index (χ1v) is 7.21. The fraction of sp³-hybridized carbons (Fsp3) is 0.375. The third-order valence-electron chi connectivity index (χ3n) is 3.56. The van der Waals surface area contributed by atoms with Gasteiger partial charge in [0.1, 0.15) is 12.4 Å². The second-order valence-corrected chi connectivity index (χ2v) is 5.54. The maximum atomic E-state index is 11.4. The van der Waals surface area contributed by atoms with Crippen molar-refractivity contribution in [2.45, 2.75) is 39.3 Å². The summed E-state index contributed by atoms with van der Waals surface area (Å²) in [5.41, 5.74) is 2.91. The minimum atomic E-state index is 0.0651. The van der Waals surface area contributed by atoms with Crippen LogP contribution in [0.5, 0.6) is 5.75 Å². The normalized spacial score (nSPS) is 14.0. The molecule has 1 aliphatic rings. The SMILES string of the molecule is CC(C)n1ccc(COc2ccc3c(c2)NC(=O)CC3)n1. The van der Waals surface area contributed by atoms with Gasteiger partial charge in [-0.3, -0.25) is 9.48 Å². The van der Waals surface area contributed by atoms with Crippen molar-refractivity contribution >= 4 is 11.6 Å². The number of amides is 1. The number of aryl methyl sites for hydroxylation is 1. The van der Waals surface area contributed by atoms with Gasteiger partial charge in [-0.25, -0.2) is 0 Å².